The standard InChI is InChI=1S/C14H24N2O2/c17-14(11-3-4-11)16(12-5-8-18-9-6-12)13-2-1-7-15-10-13/h11-13,15H,1-10H2. The molecule has 1 amide bonds. The normalized spacial score (nSPS) is 30.1. The van der Waals surface area contributed by atoms with E-state index < -0.39 is 0 Å². The molecule has 0 radical (unpaired) electrons. The molecule has 4 heteroatoms. The van der Waals surface area contributed by atoms with Crippen molar-refractivity contribution in [3.05, 3.63) is 0 Å². The molecule has 1 unspecified atom stereocenters. The maximum atomic E-state index is 12.6. The van der Waals surface area contributed by atoms with Gasteiger partial charge in [-0.05, 0) is 45.1 Å². The number of ether oxygens (including phenoxy) is 1. The molecule has 3 rings (SSSR count). The Morgan fingerprint density at radius 1 is 1.06 bits per heavy atom. The second-order valence-electron chi connectivity index (χ2n) is 5.86. The molecule has 102 valence electrons. The first-order chi connectivity index (χ1) is 8.86. The summed E-state index contributed by atoms with van der Waals surface area (Å²) < 4.78 is 5.44. The minimum absolute atomic E-state index is 0.342. The van der Waals surface area contributed by atoms with Crippen LogP contribution in [0.5, 0.6) is 0 Å². The van der Waals surface area contributed by atoms with Crippen LogP contribution in [0.4, 0.5) is 0 Å². The van der Waals surface area contributed by atoms with Gasteiger partial charge < -0.3 is 15.0 Å². The number of piperidine rings is 1. The second kappa shape index (κ2) is 5.57. The molecule has 1 atom stereocenters. The number of carbonyl (C=O) groups is 1. The first kappa shape index (κ1) is 12.4. The minimum Gasteiger partial charge on any atom is -0.381 e. The average Bonchev–Trinajstić information content (AvgIpc) is 3.26. The fourth-order valence-electron chi connectivity index (χ4n) is 3.23. The van der Waals surface area contributed by atoms with Crippen molar-refractivity contribution >= 4 is 5.91 Å². The summed E-state index contributed by atoms with van der Waals surface area (Å²) in [5, 5.41) is 3.44. The molecule has 0 spiro atoms. The second-order valence-corrected chi connectivity index (χ2v) is 5.86. The van der Waals surface area contributed by atoms with E-state index in [0.29, 0.717) is 23.9 Å². The predicted octanol–water partition coefficient (Wildman–Crippen LogP) is 1.16. The molecule has 2 heterocycles. The average molecular weight is 252 g/mol. The number of amides is 1. The predicted molar refractivity (Wildman–Crippen MR) is 69.3 cm³/mol. The molecule has 2 aliphatic heterocycles. The molecule has 1 aliphatic carbocycles. The van der Waals surface area contributed by atoms with Gasteiger partial charge in [-0.15, -0.1) is 0 Å². The van der Waals surface area contributed by atoms with Crippen molar-refractivity contribution < 1.29 is 9.53 Å². The summed E-state index contributed by atoms with van der Waals surface area (Å²) in [5.41, 5.74) is 0. The van der Waals surface area contributed by atoms with Crippen molar-refractivity contribution in [2.45, 2.75) is 50.6 Å². The Morgan fingerprint density at radius 2 is 1.83 bits per heavy atom. The highest BCUT2D eigenvalue weighted by molar-refractivity contribution is 5.81. The zero-order chi connectivity index (χ0) is 12.4. The van der Waals surface area contributed by atoms with Gasteiger partial charge in [0.25, 0.3) is 0 Å². The van der Waals surface area contributed by atoms with Crippen LogP contribution >= 0.6 is 0 Å². The molecule has 4 nitrogen and oxygen atoms in total. The van der Waals surface area contributed by atoms with Crippen molar-refractivity contribution in [1.29, 1.82) is 0 Å². The maximum absolute atomic E-state index is 12.6. The van der Waals surface area contributed by atoms with Crippen LogP contribution in [-0.4, -0.2) is 49.2 Å². The van der Waals surface area contributed by atoms with Crippen molar-refractivity contribution in [3.63, 3.8) is 0 Å². The zero-order valence-electron chi connectivity index (χ0n) is 11.1. The van der Waals surface area contributed by atoms with Crippen LogP contribution in [0.25, 0.3) is 0 Å². The first-order valence-electron chi connectivity index (χ1n) is 7.47. The van der Waals surface area contributed by atoms with Crippen LogP contribution in [-0.2, 0) is 9.53 Å². The summed E-state index contributed by atoms with van der Waals surface area (Å²) in [6.45, 7) is 3.73. The van der Waals surface area contributed by atoms with E-state index in [0.717, 1.165) is 52.0 Å². The van der Waals surface area contributed by atoms with E-state index in [9.17, 15) is 4.79 Å². The lowest BCUT2D eigenvalue weighted by atomic mass is 9.99. The molecule has 0 aromatic carbocycles. The SMILES string of the molecule is O=C(C1CC1)N(C1CCOCC1)C1CCCNC1. The Labute approximate surface area is 109 Å². The molecule has 3 aliphatic rings. The third-order valence-electron chi connectivity index (χ3n) is 4.43. The Balaban J connectivity index is 1.70. The molecule has 0 bridgehead atoms. The van der Waals surface area contributed by atoms with Gasteiger partial charge in [0.05, 0.1) is 0 Å². The number of nitrogens with zero attached hydrogens (tertiary/aromatic N) is 1. The minimum atomic E-state index is 0.342. The van der Waals surface area contributed by atoms with Gasteiger partial charge in [-0.1, -0.05) is 0 Å². The van der Waals surface area contributed by atoms with E-state index in [1.807, 2.05) is 0 Å². The van der Waals surface area contributed by atoms with Crippen molar-refractivity contribution in [3.8, 4) is 0 Å². The number of hydrogen-bond donors (Lipinski definition) is 1. The zero-order valence-corrected chi connectivity index (χ0v) is 11.1. The molecule has 18 heavy (non-hydrogen) atoms. The van der Waals surface area contributed by atoms with Crippen molar-refractivity contribution in [2.24, 2.45) is 5.92 Å². The fourth-order valence-corrected chi connectivity index (χ4v) is 3.23. The smallest absolute Gasteiger partial charge is 0.226 e. The Bertz CT molecular complexity index is 274. The lowest BCUT2D eigenvalue weighted by Crippen LogP contribution is -2.54. The topological polar surface area (TPSA) is 41.6 Å². The summed E-state index contributed by atoms with van der Waals surface area (Å²) in [6, 6.07) is 0.853. The summed E-state index contributed by atoms with van der Waals surface area (Å²) >= 11 is 0. The number of carbonyl (C=O) groups excluding carboxylic acids is 1. The van der Waals surface area contributed by atoms with Crippen LogP contribution in [0.2, 0.25) is 0 Å². The van der Waals surface area contributed by atoms with Gasteiger partial charge in [0.1, 0.15) is 0 Å². The monoisotopic (exact) mass is 252 g/mol. The summed E-state index contributed by atoms with van der Waals surface area (Å²) in [5.74, 6) is 0.769. The Hall–Kier alpha value is -0.610. The Morgan fingerprint density at radius 3 is 2.44 bits per heavy atom. The highest BCUT2D eigenvalue weighted by Gasteiger charge is 2.40. The van der Waals surface area contributed by atoms with Crippen LogP contribution in [0.3, 0.4) is 0 Å². The molecule has 0 aromatic heterocycles. The summed E-state index contributed by atoms with van der Waals surface area (Å²) in [6.07, 6.45) is 6.63. The van der Waals surface area contributed by atoms with Gasteiger partial charge in [0.2, 0.25) is 5.91 Å². The summed E-state index contributed by atoms with van der Waals surface area (Å²) in [4.78, 5) is 14.8. The Kier molecular flexibility index (Phi) is 3.85. The lowest BCUT2D eigenvalue weighted by Gasteiger charge is -2.42. The number of hydrogen-bond acceptors (Lipinski definition) is 3. The number of nitrogens with one attached hydrogen (secondary N) is 1. The first-order valence-corrected chi connectivity index (χ1v) is 7.47. The van der Waals surface area contributed by atoms with Gasteiger partial charge in [0.15, 0.2) is 0 Å². The molecular formula is C14H24N2O2. The number of rotatable bonds is 3. The van der Waals surface area contributed by atoms with Gasteiger partial charge in [0, 0.05) is 37.8 Å². The largest absolute Gasteiger partial charge is 0.381 e. The highest BCUT2D eigenvalue weighted by Crippen LogP contribution is 2.34. The van der Waals surface area contributed by atoms with Crippen LogP contribution in [0.15, 0.2) is 0 Å². The van der Waals surface area contributed by atoms with E-state index in [1.54, 1.807) is 0 Å². The van der Waals surface area contributed by atoms with Crippen molar-refractivity contribution in [1.82, 2.24) is 10.2 Å². The molecule has 2 saturated heterocycles. The van der Waals surface area contributed by atoms with Gasteiger partial charge in [-0.2, -0.15) is 0 Å². The fraction of sp³-hybridized carbons (Fsp3) is 0.929. The summed E-state index contributed by atoms with van der Waals surface area (Å²) in [7, 11) is 0. The van der Waals surface area contributed by atoms with Gasteiger partial charge in [-0.25, -0.2) is 0 Å². The van der Waals surface area contributed by atoms with E-state index in [2.05, 4.69) is 10.2 Å². The third kappa shape index (κ3) is 2.69. The van der Waals surface area contributed by atoms with E-state index in [4.69, 9.17) is 4.74 Å². The van der Waals surface area contributed by atoms with Gasteiger partial charge in [-0.3, -0.25) is 4.79 Å². The third-order valence-corrected chi connectivity index (χ3v) is 4.43. The van der Waals surface area contributed by atoms with Crippen molar-refractivity contribution in [2.75, 3.05) is 26.3 Å². The quantitative estimate of drug-likeness (QED) is 0.819. The van der Waals surface area contributed by atoms with E-state index in [1.165, 1.54) is 12.8 Å². The van der Waals surface area contributed by atoms with E-state index in [-0.39, 0.29) is 0 Å². The molecule has 0 aromatic rings. The van der Waals surface area contributed by atoms with Crippen LogP contribution in [0.1, 0.15) is 38.5 Å². The van der Waals surface area contributed by atoms with Crippen LogP contribution in [0, 0.1) is 5.92 Å². The van der Waals surface area contributed by atoms with E-state index >= 15 is 0 Å². The lowest BCUT2D eigenvalue weighted by molar-refractivity contribution is -0.140. The van der Waals surface area contributed by atoms with Gasteiger partial charge >= 0.3 is 0 Å². The van der Waals surface area contributed by atoms with Crippen LogP contribution < -0.4 is 5.32 Å². The molecular weight excluding hydrogens is 228 g/mol. The highest BCUT2D eigenvalue weighted by atomic mass is 16.5. The molecule has 1 N–H and O–H groups in total. The maximum Gasteiger partial charge on any atom is 0.226 e. The molecule has 1 saturated carbocycles. The molecule has 3 fully saturated rings.